The lowest BCUT2D eigenvalue weighted by Crippen LogP contribution is -2.39. The van der Waals surface area contributed by atoms with E-state index >= 15 is 0 Å². The molecule has 0 aliphatic heterocycles. The minimum Gasteiger partial charge on any atom is -0.493 e. The van der Waals surface area contributed by atoms with E-state index in [2.05, 4.69) is 10.5 Å². The third-order valence-electron chi connectivity index (χ3n) is 3.97. The lowest BCUT2D eigenvalue weighted by Gasteiger charge is -2.21. The Morgan fingerprint density at radius 3 is 2.20 bits per heavy atom. The van der Waals surface area contributed by atoms with Crippen molar-refractivity contribution in [3.05, 3.63) is 52.0 Å². The van der Waals surface area contributed by atoms with Crippen molar-refractivity contribution in [1.82, 2.24) is 5.43 Å². The Hall–Kier alpha value is -2.49. The normalized spacial score (nSPS) is 11.7. The number of halogens is 2. The van der Waals surface area contributed by atoms with Crippen LogP contribution >= 0.6 is 23.2 Å². The number of hydrogen-bond donors (Lipinski definition) is 1. The summed E-state index contributed by atoms with van der Waals surface area (Å²) in [7, 11) is -0.739. The number of ether oxygens (including phenoxy) is 2. The average molecular weight is 474 g/mol. The molecule has 0 saturated carbocycles. The van der Waals surface area contributed by atoms with Crippen LogP contribution in [0.1, 0.15) is 12.5 Å². The highest BCUT2D eigenvalue weighted by atomic mass is 35.5. The molecule has 0 fully saturated rings. The molecule has 1 amide bonds. The first kappa shape index (κ1) is 23.8. The predicted molar refractivity (Wildman–Crippen MR) is 119 cm³/mol. The number of nitrogens with zero attached hydrogens (tertiary/aromatic N) is 2. The van der Waals surface area contributed by atoms with Crippen LogP contribution in [-0.2, 0) is 14.8 Å². The van der Waals surface area contributed by atoms with Gasteiger partial charge in [0, 0.05) is 15.6 Å². The second-order valence-electron chi connectivity index (χ2n) is 6.20. The summed E-state index contributed by atoms with van der Waals surface area (Å²) >= 11 is 11.9. The van der Waals surface area contributed by atoms with Gasteiger partial charge >= 0.3 is 0 Å². The largest absolute Gasteiger partial charge is 0.493 e. The molecule has 30 heavy (non-hydrogen) atoms. The van der Waals surface area contributed by atoms with Gasteiger partial charge in [-0.2, -0.15) is 5.10 Å². The van der Waals surface area contributed by atoms with Gasteiger partial charge in [-0.1, -0.05) is 23.2 Å². The topological polar surface area (TPSA) is 97.3 Å². The van der Waals surface area contributed by atoms with Crippen LogP contribution in [0, 0.1) is 0 Å². The minimum absolute atomic E-state index is 0.172. The van der Waals surface area contributed by atoms with Crippen LogP contribution in [0.4, 0.5) is 5.69 Å². The highest BCUT2D eigenvalue weighted by molar-refractivity contribution is 7.92. The van der Waals surface area contributed by atoms with Crippen LogP contribution < -0.4 is 19.2 Å². The van der Waals surface area contributed by atoms with Gasteiger partial charge < -0.3 is 9.47 Å². The number of anilines is 1. The van der Waals surface area contributed by atoms with E-state index < -0.39 is 22.5 Å². The smallest absolute Gasteiger partial charge is 0.260 e. The summed E-state index contributed by atoms with van der Waals surface area (Å²) in [5, 5.41) is 4.52. The molecule has 0 heterocycles. The van der Waals surface area contributed by atoms with Crippen molar-refractivity contribution >= 4 is 50.5 Å². The molecule has 8 nitrogen and oxygen atoms in total. The van der Waals surface area contributed by atoms with E-state index in [1.807, 2.05) is 0 Å². The zero-order valence-electron chi connectivity index (χ0n) is 16.8. The lowest BCUT2D eigenvalue weighted by molar-refractivity contribution is -0.119. The molecule has 0 bridgehead atoms. The quantitative estimate of drug-likeness (QED) is 0.468. The van der Waals surface area contributed by atoms with Gasteiger partial charge in [0.2, 0.25) is 10.0 Å². The van der Waals surface area contributed by atoms with E-state index in [0.717, 1.165) is 10.6 Å². The molecular formula is C19H21Cl2N3O5S. The van der Waals surface area contributed by atoms with Crippen molar-refractivity contribution in [1.29, 1.82) is 0 Å². The summed E-state index contributed by atoms with van der Waals surface area (Å²) in [6.45, 7) is 1.19. The molecule has 0 saturated heterocycles. The Balaban J connectivity index is 2.19. The van der Waals surface area contributed by atoms with E-state index in [-0.39, 0.29) is 15.7 Å². The molecule has 1 N–H and O–H groups in total. The molecule has 2 aromatic rings. The molecule has 2 aromatic carbocycles. The standard InChI is InChI=1S/C19H21Cl2N3O5S/c1-12(13-5-6-17(28-2)18(7-13)29-3)22-23-19(25)11-24(30(4,26)27)16-9-14(20)8-15(21)10-16/h5-10H,11H2,1-4H3,(H,23,25)/b22-12-. The number of sulfonamides is 1. The monoisotopic (exact) mass is 473 g/mol. The molecule has 0 radical (unpaired) electrons. The van der Waals surface area contributed by atoms with Crippen LogP contribution in [0.2, 0.25) is 10.0 Å². The summed E-state index contributed by atoms with van der Waals surface area (Å²) in [6, 6.07) is 9.44. The van der Waals surface area contributed by atoms with Crippen LogP contribution in [0.25, 0.3) is 0 Å². The number of carbonyl (C=O) groups is 1. The number of hydrogen-bond acceptors (Lipinski definition) is 6. The van der Waals surface area contributed by atoms with Crippen molar-refractivity contribution in [2.75, 3.05) is 31.3 Å². The second kappa shape index (κ2) is 10.0. The third-order valence-corrected chi connectivity index (χ3v) is 5.55. The molecule has 0 spiro atoms. The van der Waals surface area contributed by atoms with Crippen molar-refractivity contribution in [3.8, 4) is 11.5 Å². The first-order valence-corrected chi connectivity index (χ1v) is 11.1. The molecule has 0 aromatic heterocycles. The number of benzene rings is 2. The van der Waals surface area contributed by atoms with Crippen molar-refractivity contribution in [2.24, 2.45) is 5.10 Å². The molecule has 0 aliphatic carbocycles. The second-order valence-corrected chi connectivity index (χ2v) is 8.98. The maximum absolute atomic E-state index is 12.4. The van der Waals surface area contributed by atoms with Crippen LogP contribution in [-0.4, -0.2) is 47.1 Å². The fourth-order valence-corrected chi connectivity index (χ4v) is 3.88. The van der Waals surface area contributed by atoms with Gasteiger partial charge in [0.1, 0.15) is 6.54 Å². The summed E-state index contributed by atoms with van der Waals surface area (Å²) < 4.78 is 35.7. The molecule has 0 atom stereocenters. The molecule has 0 aliphatic rings. The number of hydrazone groups is 1. The first-order valence-electron chi connectivity index (χ1n) is 8.54. The lowest BCUT2D eigenvalue weighted by atomic mass is 10.1. The van der Waals surface area contributed by atoms with E-state index in [1.54, 1.807) is 25.1 Å². The number of amides is 1. The Bertz CT molecular complexity index is 1050. The van der Waals surface area contributed by atoms with E-state index in [4.69, 9.17) is 32.7 Å². The van der Waals surface area contributed by atoms with Gasteiger partial charge in [-0.25, -0.2) is 13.8 Å². The van der Waals surface area contributed by atoms with Crippen LogP contribution in [0.5, 0.6) is 11.5 Å². The highest BCUT2D eigenvalue weighted by Gasteiger charge is 2.21. The number of rotatable bonds is 8. The number of nitrogens with one attached hydrogen (secondary N) is 1. The maximum atomic E-state index is 12.4. The Labute approximate surface area is 185 Å². The van der Waals surface area contributed by atoms with Gasteiger partial charge in [-0.3, -0.25) is 9.10 Å². The molecule has 11 heteroatoms. The van der Waals surface area contributed by atoms with Crippen molar-refractivity contribution < 1.29 is 22.7 Å². The maximum Gasteiger partial charge on any atom is 0.260 e. The van der Waals surface area contributed by atoms with Crippen molar-refractivity contribution in [3.63, 3.8) is 0 Å². The van der Waals surface area contributed by atoms with Gasteiger partial charge in [-0.05, 0) is 43.3 Å². The molecule has 0 unspecified atom stereocenters. The summed E-state index contributed by atoms with van der Waals surface area (Å²) in [5.41, 5.74) is 3.70. The zero-order chi connectivity index (χ0) is 22.5. The summed E-state index contributed by atoms with van der Waals surface area (Å²) in [4.78, 5) is 12.4. The molecular weight excluding hydrogens is 453 g/mol. The SMILES string of the molecule is COc1ccc(/C(C)=N\NC(=O)CN(c2cc(Cl)cc(Cl)c2)S(C)(=O)=O)cc1OC. The van der Waals surface area contributed by atoms with Gasteiger partial charge in [0.25, 0.3) is 5.91 Å². The van der Waals surface area contributed by atoms with E-state index in [9.17, 15) is 13.2 Å². The van der Waals surface area contributed by atoms with Crippen LogP contribution in [0.3, 0.4) is 0 Å². The first-order chi connectivity index (χ1) is 14.0. The third kappa shape index (κ3) is 6.25. The Kier molecular flexibility index (Phi) is 7.94. The molecule has 2 rings (SSSR count). The van der Waals surface area contributed by atoms with Gasteiger partial charge in [0.05, 0.1) is 31.9 Å². The highest BCUT2D eigenvalue weighted by Crippen LogP contribution is 2.28. The predicted octanol–water partition coefficient (Wildman–Crippen LogP) is 3.32. The van der Waals surface area contributed by atoms with E-state index in [0.29, 0.717) is 22.8 Å². The van der Waals surface area contributed by atoms with Crippen LogP contribution in [0.15, 0.2) is 41.5 Å². The molecule has 162 valence electrons. The van der Waals surface area contributed by atoms with Gasteiger partial charge in [0.15, 0.2) is 11.5 Å². The Morgan fingerprint density at radius 2 is 1.67 bits per heavy atom. The average Bonchev–Trinajstić information content (AvgIpc) is 2.67. The van der Waals surface area contributed by atoms with Gasteiger partial charge in [-0.15, -0.1) is 0 Å². The Morgan fingerprint density at radius 1 is 1.07 bits per heavy atom. The summed E-state index contributed by atoms with van der Waals surface area (Å²) in [6.07, 6.45) is 0.979. The summed E-state index contributed by atoms with van der Waals surface area (Å²) in [5.74, 6) is 0.426. The number of carbonyl (C=O) groups excluding carboxylic acids is 1. The number of methoxy groups -OCH3 is 2. The van der Waals surface area contributed by atoms with E-state index in [1.165, 1.54) is 32.4 Å². The van der Waals surface area contributed by atoms with Crippen molar-refractivity contribution in [2.45, 2.75) is 6.92 Å². The fourth-order valence-electron chi connectivity index (χ4n) is 2.52. The fraction of sp³-hybridized carbons (Fsp3) is 0.263. The minimum atomic E-state index is -3.78. The zero-order valence-corrected chi connectivity index (χ0v) is 19.1.